The van der Waals surface area contributed by atoms with Crippen molar-refractivity contribution in [1.82, 2.24) is 0 Å². The summed E-state index contributed by atoms with van der Waals surface area (Å²) in [5.41, 5.74) is 3.78. The summed E-state index contributed by atoms with van der Waals surface area (Å²) in [6.07, 6.45) is 2.67. The van der Waals surface area contributed by atoms with Gasteiger partial charge in [-0.25, -0.2) is 0 Å². The molecule has 1 saturated carbocycles. The van der Waals surface area contributed by atoms with Gasteiger partial charge in [0.25, 0.3) is 0 Å². The molecule has 0 saturated heterocycles. The Kier molecular flexibility index (Phi) is 2.07. The fourth-order valence-electron chi connectivity index (χ4n) is 4.78. The van der Waals surface area contributed by atoms with Crippen molar-refractivity contribution in [2.45, 2.75) is 32.6 Å². The molecule has 1 fully saturated rings. The largest absolute Gasteiger partial charge is 0.0616 e. The molecular formula is C21H20. The van der Waals surface area contributed by atoms with E-state index in [2.05, 4.69) is 62.4 Å². The van der Waals surface area contributed by atoms with E-state index in [1.807, 2.05) is 0 Å². The van der Waals surface area contributed by atoms with Gasteiger partial charge in [0.1, 0.15) is 0 Å². The van der Waals surface area contributed by atoms with Crippen LogP contribution in [0.1, 0.15) is 37.3 Å². The molecule has 0 aromatic heterocycles. The smallest absolute Gasteiger partial charge is 0.0102 e. The van der Waals surface area contributed by atoms with Crippen molar-refractivity contribution in [3.8, 4) is 0 Å². The number of hydrogen-bond donors (Lipinski definition) is 0. The van der Waals surface area contributed by atoms with E-state index < -0.39 is 0 Å². The van der Waals surface area contributed by atoms with Gasteiger partial charge < -0.3 is 0 Å². The molecule has 0 nitrogen and oxygen atoms in total. The molecule has 21 heavy (non-hydrogen) atoms. The average Bonchev–Trinajstić information content (AvgIpc) is 2.52. The summed E-state index contributed by atoms with van der Waals surface area (Å²) in [6, 6.07) is 18.3. The summed E-state index contributed by atoms with van der Waals surface area (Å²) < 4.78 is 0. The Morgan fingerprint density at radius 2 is 1.67 bits per heavy atom. The third kappa shape index (κ3) is 1.41. The summed E-state index contributed by atoms with van der Waals surface area (Å²) >= 11 is 0. The highest BCUT2D eigenvalue weighted by atomic mass is 14.6. The first-order chi connectivity index (χ1) is 10.1. The highest BCUT2D eigenvalue weighted by Crippen LogP contribution is 2.62. The van der Waals surface area contributed by atoms with Crippen LogP contribution in [0, 0.1) is 11.3 Å². The zero-order chi connectivity index (χ0) is 14.2. The van der Waals surface area contributed by atoms with E-state index in [1.54, 1.807) is 11.1 Å². The first-order valence-electron chi connectivity index (χ1n) is 8.09. The van der Waals surface area contributed by atoms with E-state index in [-0.39, 0.29) is 0 Å². The lowest BCUT2D eigenvalue weighted by atomic mass is 9.47. The van der Waals surface area contributed by atoms with Crippen molar-refractivity contribution in [3.63, 3.8) is 0 Å². The van der Waals surface area contributed by atoms with E-state index in [9.17, 15) is 0 Å². The summed E-state index contributed by atoms with van der Waals surface area (Å²) in [4.78, 5) is 0. The van der Waals surface area contributed by atoms with Gasteiger partial charge in [-0.2, -0.15) is 0 Å². The van der Waals surface area contributed by atoms with Gasteiger partial charge in [-0.3, -0.25) is 0 Å². The van der Waals surface area contributed by atoms with Gasteiger partial charge in [0.2, 0.25) is 0 Å². The van der Waals surface area contributed by atoms with Crippen molar-refractivity contribution in [2.24, 2.45) is 11.3 Å². The molecule has 0 amide bonds. The topological polar surface area (TPSA) is 0 Å². The predicted octanol–water partition coefficient (Wildman–Crippen LogP) is 5.68. The van der Waals surface area contributed by atoms with Crippen LogP contribution in [0.15, 0.2) is 48.5 Å². The van der Waals surface area contributed by atoms with Crippen LogP contribution in [0.5, 0.6) is 0 Å². The molecule has 0 N–H and O–H groups in total. The van der Waals surface area contributed by atoms with Crippen LogP contribution < -0.4 is 0 Å². The van der Waals surface area contributed by atoms with E-state index >= 15 is 0 Å². The molecule has 0 heterocycles. The molecule has 104 valence electrons. The first kappa shape index (κ1) is 11.8. The van der Waals surface area contributed by atoms with Gasteiger partial charge in [0.05, 0.1) is 0 Å². The van der Waals surface area contributed by atoms with Crippen LogP contribution in [0.4, 0.5) is 0 Å². The second-order valence-electron chi connectivity index (χ2n) is 7.56. The number of fused-ring (bicyclic) bond motifs is 2. The second kappa shape index (κ2) is 3.68. The highest BCUT2D eigenvalue weighted by Gasteiger charge is 2.52. The molecule has 0 heteroatoms. The summed E-state index contributed by atoms with van der Waals surface area (Å²) in [7, 11) is 0. The van der Waals surface area contributed by atoms with Crippen molar-refractivity contribution < 1.29 is 0 Å². The fraction of sp³-hybridized carbons (Fsp3) is 0.333. The molecule has 0 radical (unpaired) electrons. The zero-order valence-electron chi connectivity index (χ0n) is 12.7. The predicted molar refractivity (Wildman–Crippen MR) is 89.8 cm³/mol. The minimum absolute atomic E-state index is 0.511. The monoisotopic (exact) mass is 272 g/mol. The van der Waals surface area contributed by atoms with Gasteiger partial charge >= 0.3 is 0 Å². The lowest BCUT2D eigenvalue weighted by molar-refractivity contribution is 0.0191. The minimum Gasteiger partial charge on any atom is -0.0616 e. The Balaban J connectivity index is 1.83. The third-order valence-electron chi connectivity index (χ3n) is 6.33. The maximum absolute atomic E-state index is 2.46. The lowest BCUT2D eigenvalue weighted by Gasteiger charge is -2.57. The van der Waals surface area contributed by atoms with Crippen LogP contribution >= 0.6 is 0 Å². The quantitative estimate of drug-likeness (QED) is 0.462. The van der Waals surface area contributed by atoms with E-state index in [0.717, 1.165) is 11.8 Å². The molecule has 2 atom stereocenters. The van der Waals surface area contributed by atoms with Crippen LogP contribution in [-0.4, -0.2) is 0 Å². The Hall–Kier alpha value is -1.82. The molecule has 3 aliphatic carbocycles. The minimum atomic E-state index is 0.511. The SMILES string of the molecule is CC1(C)C2Cc3c(ccc4cc5ccccc5cc34)C1C2. The van der Waals surface area contributed by atoms with Gasteiger partial charge in [-0.05, 0) is 74.9 Å². The van der Waals surface area contributed by atoms with Gasteiger partial charge in [-0.1, -0.05) is 50.2 Å². The summed E-state index contributed by atoms with van der Waals surface area (Å²) in [5.74, 6) is 1.66. The van der Waals surface area contributed by atoms with Crippen LogP contribution in [-0.2, 0) is 6.42 Å². The van der Waals surface area contributed by atoms with Crippen molar-refractivity contribution in [3.05, 3.63) is 59.7 Å². The van der Waals surface area contributed by atoms with Crippen LogP contribution in [0.2, 0.25) is 0 Å². The molecule has 2 unspecified atom stereocenters. The Labute approximate surface area is 125 Å². The third-order valence-corrected chi connectivity index (χ3v) is 6.33. The fourth-order valence-corrected chi connectivity index (χ4v) is 4.78. The van der Waals surface area contributed by atoms with Crippen molar-refractivity contribution in [2.75, 3.05) is 0 Å². The van der Waals surface area contributed by atoms with Crippen molar-refractivity contribution >= 4 is 21.5 Å². The molecule has 0 aliphatic heterocycles. The molecule has 3 aromatic rings. The molecular weight excluding hydrogens is 252 g/mol. The second-order valence-corrected chi connectivity index (χ2v) is 7.56. The molecule has 3 aliphatic rings. The van der Waals surface area contributed by atoms with Crippen LogP contribution in [0.25, 0.3) is 21.5 Å². The zero-order valence-corrected chi connectivity index (χ0v) is 12.7. The molecule has 6 rings (SSSR count). The van der Waals surface area contributed by atoms with Crippen molar-refractivity contribution in [1.29, 1.82) is 0 Å². The Bertz CT molecular complexity index is 885. The normalized spacial score (nSPS) is 25.6. The van der Waals surface area contributed by atoms with Gasteiger partial charge in [0, 0.05) is 0 Å². The maximum atomic E-state index is 2.46. The van der Waals surface area contributed by atoms with Gasteiger partial charge in [0.15, 0.2) is 0 Å². The number of hydrogen-bond acceptors (Lipinski definition) is 0. The van der Waals surface area contributed by atoms with Crippen LogP contribution in [0.3, 0.4) is 0 Å². The maximum Gasteiger partial charge on any atom is -0.0102 e. The summed E-state index contributed by atoms with van der Waals surface area (Å²) in [5, 5.41) is 5.63. The lowest BCUT2D eigenvalue weighted by Crippen LogP contribution is -2.48. The number of benzene rings is 3. The van der Waals surface area contributed by atoms with E-state index in [1.165, 1.54) is 34.4 Å². The van der Waals surface area contributed by atoms with E-state index in [0.29, 0.717) is 5.41 Å². The van der Waals surface area contributed by atoms with Gasteiger partial charge in [-0.15, -0.1) is 0 Å². The molecule has 0 spiro atoms. The average molecular weight is 272 g/mol. The van der Waals surface area contributed by atoms with E-state index in [4.69, 9.17) is 0 Å². The highest BCUT2D eigenvalue weighted by molar-refractivity contribution is 6.00. The molecule has 3 aromatic carbocycles. The molecule has 2 bridgehead atoms. The summed E-state index contributed by atoms with van der Waals surface area (Å²) in [6.45, 7) is 4.92. The Morgan fingerprint density at radius 1 is 0.905 bits per heavy atom. The number of rotatable bonds is 0. The first-order valence-corrected chi connectivity index (χ1v) is 8.09. The standard InChI is InChI=1S/C21H20/c1-21(2)16-11-19-17(20(21)12-16)8-7-15-9-13-5-3-4-6-14(13)10-18(15)19/h3-10,16,20H,11-12H2,1-2H3. The Morgan fingerprint density at radius 3 is 2.43 bits per heavy atom.